The lowest BCUT2D eigenvalue weighted by Crippen LogP contribution is -2.42. The molecule has 2 N–H and O–H groups in total. The zero-order valence-corrected chi connectivity index (χ0v) is 8.49. The minimum Gasteiger partial charge on any atom is -0.326 e. The van der Waals surface area contributed by atoms with Crippen LogP contribution in [-0.4, -0.2) is 48.1 Å². The fourth-order valence-electron chi connectivity index (χ4n) is 1.66. The maximum Gasteiger partial charge on any atom is 0.320 e. The van der Waals surface area contributed by atoms with E-state index < -0.39 is 0 Å². The van der Waals surface area contributed by atoms with Crippen LogP contribution >= 0.6 is 0 Å². The summed E-state index contributed by atoms with van der Waals surface area (Å²) < 4.78 is 0. The molecule has 2 amide bonds. The van der Waals surface area contributed by atoms with E-state index in [1.807, 2.05) is 23.6 Å². The lowest BCUT2D eigenvalue weighted by molar-refractivity contribution is 0.167. The van der Waals surface area contributed by atoms with Gasteiger partial charge in [-0.05, 0) is 20.3 Å². The molecule has 0 aromatic carbocycles. The first kappa shape index (κ1) is 10.3. The Hall–Kier alpha value is -0.770. The van der Waals surface area contributed by atoms with E-state index in [9.17, 15) is 4.79 Å². The maximum absolute atomic E-state index is 11.7. The summed E-state index contributed by atoms with van der Waals surface area (Å²) in [6, 6.07) is 0.317. The molecule has 1 atom stereocenters. The summed E-state index contributed by atoms with van der Waals surface area (Å²) in [5, 5.41) is 0. The van der Waals surface area contributed by atoms with Crippen molar-refractivity contribution in [1.82, 2.24) is 9.80 Å². The Balaban J connectivity index is 2.47. The normalized spacial score (nSPS) is 22.1. The number of hydrogen-bond acceptors (Lipinski definition) is 2. The predicted octanol–water partition coefficient (Wildman–Crippen LogP) is 0.481. The van der Waals surface area contributed by atoms with Gasteiger partial charge in [0, 0.05) is 32.2 Å². The number of hydrogen-bond donors (Lipinski definition) is 1. The van der Waals surface area contributed by atoms with Crippen molar-refractivity contribution < 1.29 is 4.79 Å². The zero-order valence-electron chi connectivity index (χ0n) is 8.49. The van der Waals surface area contributed by atoms with Crippen LogP contribution < -0.4 is 5.73 Å². The van der Waals surface area contributed by atoms with E-state index >= 15 is 0 Å². The molecule has 1 aliphatic heterocycles. The third-order valence-corrected chi connectivity index (χ3v) is 2.53. The quantitative estimate of drug-likeness (QED) is 0.680. The molecule has 4 nitrogen and oxygen atoms in total. The summed E-state index contributed by atoms with van der Waals surface area (Å²) in [7, 11) is 0. The number of likely N-dealkylation sites (tertiary alicyclic amines) is 1. The summed E-state index contributed by atoms with van der Waals surface area (Å²) >= 11 is 0. The Labute approximate surface area is 79.7 Å². The number of carbonyl (C=O) groups is 1. The molecule has 0 unspecified atom stereocenters. The molecule has 0 aromatic heterocycles. The second-order valence-corrected chi connectivity index (χ2v) is 3.45. The highest BCUT2D eigenvalue weighted by Gasteiger charge is 2.25. The van der Waals surface area contributed by atoms with Gasteiger partial charge in [-0.25, -0.2) is 4.79 Å². The SMILES string of the molecule is CCN(CC)C(=O)N1CC[C@H](N)C1. The second kappa shape index (κ2) is 4.46. The third kappa shape index (κ3) is 2.34. The van der Waals surface area contributed by atoms with E-state index in [0.29, 0.717) is 0 Å². The fraction of sp³-hybridized carbons (Fsp3) is 0.889. The molecule has 1 saturated heterocycles. The molecule has 0 radical (unpaired) electrons. The van der Waals surface area contributed by atoms with Crippen molar-refractivity contribution in [2.75, 3.05) is 26.2 Å². The topological polar surface area (TPSA) is 49.6 Å². The first-order valence-electron chi connectivity index (χ1n) is 4.98. The Morgan fingerprint density at radius 1 is 1.54 bits per heavy atom. The molecular formula is C9H19N3O. The van der Waals surface area contributed by atoms with Crippen LogP contribution in [0.3, 0.4) is 0 Å². The second-order valence-electron chi connectivity index (χ2n) is 3.45. The third-order valence-electron chi connectivity index (χ3n) is 2.53. The molecule has 0 aliphatic carbocycles. The number of amides is 2. The molecule has 0 aromatic rings. The van der Waals surface area contributed by atoms with Gasteiger partial charge in [0.1, 0.15) is 0 Å². The van der Waals surface area contributed by atoms with E-state index in [2.05, 4.69) is 0 Å². The van der Waals surface area contributed by atoms with Gasteiger partial charge in [0.2, 0.25) is 0 Å². The summed E-state index contributed by atoms with van der Waals surface area (Å²) in [5.41, 5.74) is 5.73. The van der Waals surface area contributed by atoms with Crippen LogP contribution in [-0.2, 0) is 0 Å². The Morgan fingerprint density at radius 3 is 2.54 bits per heavy atom. The van der Waals surface area contributed by atoms with Crippen molar-refractivity contribution in [2.45, 2.75) is 26.3 Å². The van der Waals surface area contributed by atoms with Gasteiger partial charge in [0.25, 0.3) is 0 Å². The highest BCUT2D eigenvalue weighted by Crippen LogP contribution is 2.09. The summed E-state index contributed by atoms with van der Waals surface area (Å²) in [5.74, 6) is 0. The average Bonchev–Trinajstić information content (AvgIpc) is 2.54. The van der Waals surface area contributed by atoms with Crippen LogP contribution in [0.4, 0.5) is 4.79 Å². The molecule has 4 heteroatoms. The molecule has 1 aliphatic rings. The molecule has 1 rings (SSSR count). The summed E-state index contributed by atoms with van der Waals surface area (Å²) in [4.78, 5) is 15.4. The van der Waals surface area contributed by atoms with Gasteiger partial charge < -0.3 is 15.5 Å². The molecular weight excluding hydrogens is 166 g/mol. The standard InChI is InChI=1S/C9H19N3O/c1-3-11(4-2)9(13)12-6-5-8(10)7-12/h8H,3-7,10H2,1-2H3/t8-/m0/s1. The first-order chi connectivity index (χ1) is 6.19. The first-order valence-corrected chi connectivity index (χ1v) is 4.98. The Kier molecular flexibility index (Phi) is 3.54. The molecule has 1 heterocycles. The molecule has 0 saturated carbocycles. The largest absolute Gasteiger partial charge is 0.326 e. The van der Waals surface area contributed by atoms with E-state index in [1.165, 1.54) is 0 Å². The van der Waals surface area contributed by atoms with E-state index in [1.54, 1.807) is 0 Å². The highest BCUT2D eigenvalue weighted by molar-refractivity contribution is 5.74. The van der Waals surface area contributed by atoms with Crippen LogP contribution in [0.1, 0.15) is 20.3 Å². The zero-order chi connectivity index (χ0) is 9.84. The van der Waals surface area contributed by atoms with Gasteiger partial charge in [-0.3, -0.25) is 0 Å². The maximum atomic E-state index is 11.7. The lowest BCUT2D eigenvalue weighted by Gasteiger charge is -2.25. The number of rotatable bonds is 2. The average molecular weight is 185 g/mol. The van der Waals surface area contributed by atoms with Crippen molar-refractivity contribution in [1.29, 1.82) is 0 Å². The Morgan fingerprint density at radius 2 is 2.15 bits per heavy atom. The fourth-order valence-corrected chi connectivity index (χ4v) is 1.66. The monoisotopic (exact) mass is 185 g/mol. The van der Waals surface area contributed by atoms with Gasteiger partial charge >= 0.3 is 6.03 Å². The van der Waals surface area contributed by atoms with Crippen molar-refractivity contribution >= 4 is 6.03 Å². The predicted molar refractivity (Wildman–Crippen MR) is 52.5 cm³/mol. The lowest BCUT2D eigenvalue weighted by atomic mass is 10.3. The number of nitrogens with two attached hydrogens (primary N) is 1. The van der Waals surface area contributed by atoms with Gasteiger partial charge in [-0.1, -0.05) is 0 Å². The van der Waals surface area contributed by atoms with Gasteiger partial charge in [0.15, 0.2) is 0 Å². The van der Waals surface area contributed by atoms with E-state index in [-0.39, 0.29) is 12.1 Å². The smallest absolute Gasteiger partial charge is 0.320 e. The number of carbonyl (C=O) groups excluding carboxylic acids is 1. The van der Waals surface area contributed by atoms with Crippen LogP contribution in [0, 0.1) is 0 Å². The van der Waals surface area contributed by atoms with Gasteiger partial charge in [-0.2, -0.15) is 0 Å². The molecule has 0 bridgehead atoms. The van der Waals surface area contributed by atoms with E-state index in [0.717, 1.165) is 32.6 Å². The van der Waals surface area contributed by atoms with Crippen molar-refractivity contribution in [3.8, 4) is 0 Å². The van der Waals surface area contributed by atoms with Crippen LogP contribution in [0.25, 0.3) is 0 Å². The number of urea groups is 1. The highest BCUT2D eigenvalue weighted by atomic mass is 16.2. The van der Waals surface area contributed by atoms with Crippen LogP contribution in [0.15, 0.2) is 0 Å². The van der Waals surface area contributed by atoms with Gasteiger partial charge in [0.05, 0.1) is 0 Å². The molecule has 76 valence electrons. The molecule has 0 spiro atoms. The van der Waals surface area contributed by atoms with E-state index in [4.69, 9.17) is 5.73 Å². The van der Waals surface area contributed by atoms with Crippen molar-refractivity contribution in [3.63, 3.8) is 0 Å². The van der Waals surface area contributed by atoms with Crippen LogP contribution in [0.2, 0.25) is 0 Å². The van der Waals surface area contributed by atoms with Crippen LogP contribution in [0.5, 0.6) is 0 Å². The number of nitrogens with zero attached hydrogens (tertiary/aromatic N) is 2. The van der Waals surface area contributed by atoms with Crippen molar-refractivity contribution in [2.24, 2.45) is 5.73 Å². The molecule has 1 fully saturated rings. The van der Waals surface area contributed by atoms with Gasteiger partial charge in [-0.15, -0.1) is 0 Å². The summed E-state index contributed by atoms with van der Waals surface area (Å²) in [6.45, 7) is 7.09. The van der Waals surface area contributed by atoms with Crippen molar-refractivity contribution in [3.05, 3.63) is 0 Å². The summed E-state index contributed by atoms with van der Waals surface area (Å²) in [6.07, 6.45) is 0.938. The minimum atomic E-state index is 0.137. The minimum absolute atomic E-state index is 0.137. The molecule has 13 heavy (non-hydrogen) atoms. The Bertz CT molecular complexity index is 180.